The Balaban J connectivity index is 0.974. The van der Waals surface area contributed by atoms with Crippen molar-refractivity contribution in [3.63, 3.8) is 0 Å². The molecule has 4 aliphatic carbocycles. The van der Waals surface area contributed by atoms with Gasteiger partial charge in [0.2, 0.25) is 0 Å². The summed E-state index contributed by atoms with van der Waals surface area (Å²) in [5.41, 5.74) is 9.41. The molecule has 4 bridgehead atoms. The predicted octanol–water partition coefficient (Wildman–Crippen LogP) is 11.6. The van der Waals surface area contributed by atoms with Crippen LogP contribution >= 0.6 is 0 Å². The van der Waals surface area contributed by atoms with Gasteiger partial charge in [-0.25, -0.2) is 29.9 Å². The molecule has 3 heterocycles. The van der Waals surface area contributed by atoms with E-state index >= 15 is 0 Å². The molecule has 0 saturated heterocycles. The van der Waals surface area contributed by atoms with Gasteiger partial charge in [-0.05, 0) is 90.5 Å². The van der Waals surface area contributed by atoms with E-state index in [1.807, 2.05) is 79.0 Å². The zero-order valence-corrected chi connectivity index (χ0v) is 32.1. The van der Waals surface area contributed by atoms with Crippen LogP contribution in [0.15, 0.2) is 158 Å². The molecule has 0 spiro atoms. The fourth-order valence-electron chi connectivity index (χ4n) is 10.3. The van der Waals surface area contributed by atoms with E-state index in [1.165, 1.54) is 44.1 Å². The molecular weight excluding hydrogens is 711 g/mol. The molecule has 8 aromatic rings. The van der Waals surface area contributed by atoms with Gasteiger partial charge in [-0.15, -0.1) is 0 Å². The Morgan fingerprint density at radius 1 is 0.345 bits per heavy atom. The molecule has 4 aliphatic rings. The molecule has 0 N–H and O–H groups in total. The monoisotopic (exact) mass is 751 g/mol. The molecule has 5 aromatic carbocycles. The lowest BCUT2D eigenvalue weighted by Gasteiger charge is -2.57. The van der Waals surface area contributed by atoms with Gasteiger partial charge in [0.15, 0.2) is 34.9 Å². The smallest absolute Gasteiger partial charge is 0.164 e. The summed E-state index contributed by atoms with van der Waals surface area (Å²) in [5, 5.41) is 0. The molecular formula is C51H41N7. The maximum atomic E-state index is 5.14. The summed E-state index contributed by atoms with van der Waals surface area (Å²) in [6.07, 6.45) is 12.0. The maximum Gasteiger partial charge on any atom is 0.164 e. The number of rotatable bonds is 8. The Hall–Kier alpha value is -6.73. The number of pyridine rings is 1. The van der Waals surface area contributed by atoms with Crippen molar-refractivity contribution in [1.82, 2.24) is 34.9 Å². The normalized spacial score (nSPS) is 20.6. The molecule has 0 amide bonds. The van der Waals surface area contributed by atoms with Gasteiger partial charge in [-0.3, -0.25) is 4.98 Å². The van der Waals surface area contributed by atoms with Gasteiger partial charge in [0, 0.05) is 45.8 Å². The van der Waals surface area contributed by atoms with Crippen LogP contribution in [0.5, 0.6) is 0 Å². The summed E-state index contributed by atoms with van der Waals surface area (Å²) < 4.78 is 0. The van der Waals surface area contributed by atoms with E-state index in [2.05, 4.69) is 77.8 Å². The summed E-state index contributed by atoms with van der Waals surface area (Å²) in [4.78, 5) is 34.6. The van der Waals surface area contributed by atoms with Gasteiger partial charge in [-0.2, -0.15) is 0 Å². The molecule has 7 heteroatoms. The highest BCUT2D eigenvalue weighted by atomic mass is 15.0. The lowest BCUT2D eigenvalue weighted by molar-refractivity contribution is -0.00518. The van der Waals surface area contributed by atoms with Crippen LogP contribution in [-0.2, 0) is 5.41 Å². The SMILES string of the molecule is c1ccc(-c2nc(-c3ccc(-c4cccnc4)cc3)nc(-c3cccc(-c4nc(-c5ccccc5)nc(-c5ccc(C67CC8CC(CC(C8)C6)C7)cc5)n4)c3)n2)cc1. The van der Waals surface area contributed by atoms with Crippen LogP contribution in [0.4, 0.5) is 0 Å². The van der Waals surface area contributed by atoms with E-state index in [0.29, 0.717) is 40.4 Å². The summed E-state index contributed by atoms with van der Waals surface area (Å²) >= 11 is 0. The summed E-state index contributed by atoms with van der Waals surface area (Å²) in [6, 6.07) is 49.9. The molecule has 7 nitrogen and oxygen atoms in total. The quantitative estimate of drug-likeness (QED) is 0.153. The van der Waals surface area contributed by atoms with E-state index in [-0.39, 0.29) is 0 Å². The Morgan fingerprint density at radius 3 is 1.17 bits per heavy atom. The van der Waals surface area contributed by atoms with Gasteiger partial charge in [0.05, 0.1) is 0 Å². The minimum absolute atomic E-state index is 0.339. The number of nitrogens with zero attached hydrogens (tertiary/aromatic N) is 7. The van der Waals surface area contributed by atoms with Crippen LogP contribution in [-0.4, -0.2) is 34.9 Å². The van der Waals surface area contributed by atoms with Crippen LogP contribution < -0.4 is 0 Å². The van der Waals surface area contributed by atoms with Crippen molar-refractivity contribution in [2.75, 3.05) is 0 Å². The second-order valence-electron chi connectivity index (χ2n) is 16.5. The zero-order chi connectivity index (χ0) is 38.5. The molecule has 4 saturated carbocycles. The third-order valence-corrected chi connectivity index (χ3v) is 12.6. The molecule has 12 rings (SSSR count). The van der Waals surface area contributed by atoms with Crippen LogP contribution in [0.3, 0.4) is 0 Å². The van der Waals surface area contributed by atoms with Gasteiger partial charge >= 0.3 is 0 Å². The van der Waals surface area contributed by atoms with E-state index in [0.717, 1.165) is 62.3 Å². The van der Waals surface area contributed by atoms with Crippen LogP contribution in [0, 0.1) is 17.8 Å². The average molecular weight is 752 g/mol. The first-order chi connectivity index (χ1) is 28.6. The van der Waals surface area contributed by atoms with Crippen molar-refractivity contribution in [3.8, 4) is 79.5 Å². The maximum absolute atomic E-state index is 5.14. The minimum atomic E-state index is 0.339. The summed E-state index contributed by atoms with van der Waals surface area (Å²) in [6.45, 7) is 0. The number of aromatic nitrogens is 7. The number of benzene rings is 5. The van der Waals surface area contributed by atoms with Gasteiger partial charge in [0.1, 0.15) is 0 Å². The molecule has 58 heavy (non-hydrogen) atoms. The van der Waals surface area contributed by atoms with Crippen LogP contribution in [0.25, 0.3) is 79.5 Å². The van der Waals surface area contributed by atoms with Crippen LogP contribution in [0.1, 0.15) is 44.1 Å². The highest BCUT2D eigenvalue weighted by Gasteiger charge is 2.51. The molecule has 0 radical (unpaired) electrons. The van der Waals surface area contributed by atoms with E-state index in [9.17, 15) is 0 Å². The van der Waals surface area contributed by atoms with E-state index in [4.69, 9.17) is 29.9 Å². The largest absolute Gasteiger partial charge is 0.264 e. The zero-order valence-electron chi connectivity index (χ0n) is 32.1. The first-order valence-electron chi connectivity index (χ1n) is 20.5. The summed E-state index contributed by atoms with van der Waals surface area (Å²) in [7, 11) is 0. The Morgan fingerprint density at radius 2 is 0.724 bits per heavy atom. The lowest BCUT2D eigenvalue weighted by Crippen LogP contribution is -2.48. The topological polar surface area (TPSA) is 90.2 Å². The van der Waals surface area contributed by atoms with Crippen molar-refractivity contribution >= 4 is 0 Å². The molecule has 0 unspecified atom stereocenters. The first kappa shape index (κ1) is 34.5. The van der Waals surface area contributed by atoms with Crippen molar-refractivity contribution in [2.45, 2.75) is 43.9 Å². The van der Waals surface area contributed by atoms with Gasteiger partial charge < -0.3 is 0 Å². The van der Waals surface area contributed by atoms with Crippen LogP contribution in [0.2, 0.25) is 0 Å². The van der Waals surface area contributed by atoms with Gasteiger partial charge in [0.25, 0.3) is 0 Å². The van der Waals surface area contributed by atoms with Crippen molar-refractivity contribution in [2.24, 2.45) is 17.8 Å². The fourth-order valence-corrected chi connectivity index (χ4v) is 10.3. The van der Waals surface area contributed by atoms with Crippen molar-refractivity contribution in [3.05, 3.63) is 164 Å². The fraction of sp³-hybridized carbons (Fsp3) is 0.196. The average Bonchev–Trinajstić information content (AvgIpc) is 3.29. The number of hydrogen-bond acceptors (Lipinski definition) is 7. The third-order valence-electron chi connectivity index (χ3n) is 12.6. The van der Waals surface area contributed by atoms with Gasteiger partial charge in [-0.1, -0.05) is 133 Å². The Bertz CT molecular complexity index is 2700. The second kappa shape index (κ2) is 14.3. The summed E-state index contributed by atoms with van der Waals surface area (Å²) in [5.74, 6) is 6.37. The van der Waals surface area contributed by atoms with Crippen molar-refractivity contribution < 1.29 is 0 Å². The Kier molecular flexibility index (Phi) is 8.53. The lowest BCUT2D eigenvalue weighted by atomic mass is 9.48. The number of hydrogen-bond donors (Lipinski definition) is 0. The van der Waals surface area contributed by atoms with E-state index in [1.54, 1.807) is 6.20 Å². The molecule has 3 aromatic heterocycles. The van der Waals surface area contributed by atoms with E-state index < -0.39 is 0 Å². The van der Waals surface area contributed by atoms with Crippen molar-refractivity contribution in [1.29, 1.82) is 0 Å². The molecule has 0 atom stereocenters. The molecule has 0 aliphatic heterocycles. The molecule has 280 valence electrons. The predicted molar refractivity (Wildman–Crippen MR) is 229 cm³/mol. The minimum Gasteiger partial charge on any atom is -0.264 e. The standard InChI is InChI=1S/C51H41N7/c1-3-9-37(10-4-1)45-53-47(39-18-16-36(17-19-39)43-15-8-24-52-32-43)57-49(55-45)41-13-7-14-42(28-41)50-56-46(38-11-5-2-6-12-38)54-48(58-50)40-20-22-44(23-21-40)51-29-33-25-34(30-51)27-35(26-33)31-51/h1-24,28,32-35H,25-27,29-31H2. The molecule has 4 fully saturated rings. The third kappa shape index (κ3) is 6.56. The first-order valence-corrected chi connectivity index (χ1v) is 20.5. The second-order valence-corrected chi connectivity index (χ2v) is 16.5. The highest BCUT2D eigenvalue weighted by Crippen LogP contribution is 2.60. The Labute approximate surface area is 338 Å². The highest BCUT2D eigenvalue weighted by molar-refractivity contribution is 5.73.